The SMILES string of the molecule is COc1cc(/C=C(\C#N)c2ccccc2)ccc1OC(=O)C(CC(C)C)N1C(=O)c2ccccc2C1=O. The Labute approximate surface area is 215 Å². The number of benzene rings is 3. The zero-order valence-electron chi connectivity index (χ0n) is 20.8. The van der Waals surface area contributed by atoms with Crippen molar-refractivity contribution >= 4 is 29.4 Å². The van der Waals surface area contributed by atoms with E-state index in [1.54, 1.807) is 48.5 Å². The number of ether oxygens (including phenoxy) is 2. The fraction of sp³-hybridized carbons (Fsp3) is 0.200. The lowest BCUT2D eigenvalue weighted by atomic mass is 10.0. The molecule has 1 unspecified atom stereocenters. The van der Waals surface area contributed by atoms with E-state index < -0.39 is 23.8 Å². The van der Waals surface area contributed by atoms with Crippen LogP contribution in [0.4, 0.5) is 0 Å². The molecule has 0 aromatic heterocycles. The van der Waals surface area contributed by atoms with Gasteiger partial charge >= 0.3 is 5.97 Å². The van der Waals surface area contributed by atoms with E-state index in [-0.39, 0.29) is 35.0 Å². The summed E-state index contributed by atoms with van der Waals surface area (Å²) in [5.41, 5.74) is 2.46. The summed E-state index contributed by atoms with van der Waals surface area (Å²) in [6, 6.07) is 21.8. The third kappa shape index (κ3) is 5.29. The van der Waals surface area contributed by atoms with E-state index >= 15 is 0 Å². The summed E-state index contributed by atoms with van der Waals surface area (Å²) in [6.45, 7) is 3.80. The molecule has 186 valence electrons. The van der Waals surface area contributed by atoms with Gasteiger partial charge in [-0.15, -0.1) is 0 Å². The number of esters is 1. The second kappa shape index (κ2) is 10.9. The molecular weight excluding hydrogens is 468 g/mol. The van der Waals surface area contributed by atoms with Gasteiger partial charge in [0.1, 0.15) is 6.04 Å². The average Bonchev–Trinajstić information content (AvgIpc) is 3.16. The summed E-state index contributed by atoms with van der Waals surface area (Å²) >= 11 is 0. The highest BCUT2D eigenvalue weighted by Crippen LogP contribution is 2.32. The Hall–Kier alpha value is -4.70. The molecule has 4 rings (SSSR count). The van der Waals surface area contributed by atoms with E-state index in [9.17, 15) is 19.6 Å². The van der Waals surface area contributed by atoms with Crippen LogP contribution in [0.5, 0.6) is 11.5 Å². The fourth-order valence-electron chi connectivity index (χ4n) is 4.24. The second-order valence-electron chi connectivity index (χ2n) is 9.04. The molecule has 1 aliphatic heterocycles. The van der Waals surface area contributed by atoms with Gasteiger partial charge in [0.2, 0.25) is 0 Å². The van der Waals surface area contributed by atoms with E-state index in [1.807, 2.05) is 44.2 Å². The Morgan fingerprint density at radius 3 is 2.14 bits per heavy atom. The number of amides is 2. The van der Waals surface area contributed by atoms with Gasteiger partial charge in [-0.2, -0.15) is 5.26 Å². The van der Waals surface area contributed by atoms with Crippen LogP contribution in [-0.2, 0) is 4.79 Å². The van der Waals surface area contributed by atoms with Crippen LogP contribution in [0.2, 0.25) is 0 Å². The lowest BCUT2D eigenvalue weighted by Crippen LogP contribution is -2.47. The number of carbonyl (C=O) groups is 3. The second-order valence-corrected chi connectivity index (χ2v) is 9.04. The molecule has 0 N–H and O–H groups in total. The first-order valence-electron chi connectivity index (χ1n) is 11.9. The maximum absolute atomic E-state index is 13.4. The highest BCUT2D eigenvalue weighted by Gasteiger charge is 2.43. The van der Waals surface area contributed by atoms with Crippen molar-refractivity contribution in [3.8, 4) is 17.6 Å². The summed E-state index contributed by atoms with van der Waals surface area (Å²) in [5, 5.41) is 9.61. The fourth-order valence-corrected chi connectivity index (χ4v) is 4.24. The van der Waals surface area contributed by atoms with Crippen LogP contribution in [0.25, 0.3) is 11.6 Å². The van der Waals surface area contributed by atoms with Crippen LogP contribution < -0.4 is 9.47 Å². The Morgan fingerprint density at radius 1 is 0.946 bits per heavy atom. The lowest BCUT2D eigenvalue weighted by molar-refractivity contribution is -0.139. The molecule has 1 heterocycles. The number of carbonyl (C=O) groups excluding carboxylic acids is 3. The number of imide groups is 1. The minimum absolute atomic E-state index is 0.0126. The first kappa shape index (κ1) is 25.4. The third-order valence-corrected chi connectivity index (χ3v) is 6.02. The zero-order chi connectivity index (χ0) is 26.5. The highest BCUT2D eigenvalue weighted by molar-refractivity contribution is 6.22. The molecule has 0 bridgehead atoms. The average molecular weight is 495 g/mol. The quantitative estimate of drug-likeness (QED) is 0.137. The summed E-state index contributed by atoms with van der Waals surface area (Å²) in [5.74, 6) is -1.32. The molecular formula is C30H26N2O5. The monoisotopic (exact) mass is 494 g/mol. The summed E-state index contributed by atoms with van der Waals surface area (Å²) < 4.78 is 11.1. The Balaban J connectivity index is 1.61. The molecule has 0 spiro atoms. The van der Waals surface area contributed by atoms with Crippen LogP contribution in [0.15, 0.2) is 72.8 Å². The predicted octanol–water partition coefficient (Wildman–Crippen LogP) is 5.38. The van der Waals surface area contributed by atoms with Crippen LogP contribution in [0.1, 0.15) is 52.1 Å². The molecule has 0 aliphatic carbocycles. The van der Waals surface area contributed by atoms with Gasteiger partial charge in [0.15, 0.2) is 11.5 Å². The number of allylic oxidation sites excluding steroid dienone is 1. The van der Waals surface area contributed by atoms with Gasteiger partial charge < -0.3 is 9.47 Å². The van der Waals surface area contributed by atoms with Gasteiger partial charge in [0, 0.05) is 0 Å². The standard InChI is InChI=1S/C30H26N2O5/c1-19(2)15-25(32-28(33)23-11-7-8-12-24(23)29(32)34)30(35)37-26-14-13-20(17-27(26)36-3)16-22(18-31)21-9-5-4-6-10-21/h4-14,16-17,19,25H,15H2,1-3H3/b22-16+. The van der Waals surface area contributed by atoms with Crippen LogP contribution in [0.3, 0.4) is 0 Å². The van der Waals surface area contributed by atoms with Crippen molar-refractivity contribution in [1.29, 1.82) is 5.26 Å². The molecule has 0 saturated heterocycles. The maximum Gasteiger partial charge on any atom is 0.334 e. The number of nitrogens with zero attached hydrogens (tertiary/aromatic N) is 2. The van der Waals surface area contributed by atoms with Gasteiger partial charge in [-0.25, -0.2) is 4.79 Å². The molecule has 3 aromatic rings. The summed E-state index contributed by atoms with van der Waals surface area (Å²) in [7, 11) is 1.44. The van der Waals surface area contributed by atoms with Crippen LogP contribution in [-0.4, -0.2) is 35.8 Å². The van der Waals surface area contributed by atoms with Crippen molar-refractivity contribution in [2.75, 3.05) is 7.11 Å². The van der Waals surface area contributed by atoms with Crippen molar-refractivity contribution in [3.63, 3.8) is 0 Å². The number of rotatable bonds is 8. The zero-order valence-corrected chi connectivity index (χ0v) is 20.8. The van der Waals surface area contributed by atoms with Crippen molar-refractivity contribution in [2.24, 2.45) is 5.92 Å². The van der Waals surface area contributed by atoms with Gasteiger partial charge in [-0.3, -0.25) is 14.5 Å². The number of hydrogen-bond acceptors (Lipinski definition) is 6. The number of methoxy groups -OCH3 is 1. The molecule has 0 saturated carbocycles. The van der Waals surface area contributed by atoms with E-state index in [4.69, 9.17) is 9.47 Å². The highest BCUT2D eigenvalue weighted by atomic mass is 16.6. The van der Waals surface area contributed by atoms with E-state index in [0.717, 1.165) is 10.5 Å². The summed E-state index contributed by atoms with van der Waals surface area (Å²) in [4.78, 5) is 40.4. The first-order valence-corrected chi connectivity index (χ1v) is 11.9. The normalized spacial score (nSPS) is 13.8. The molecule has 0 radical (unpaired) electrons. The Bertz CT molecular complexity index is 1380. The molecule has 7 heteroatoms. The summed E-state index contributed by atoms with van der Waals surface area (Å²) in [6.07, 6.45) is 1.96. The number of nitriles is 1. The van der Waals surface area contributed by atoms with Gasteiger partial charge in [0.05, 0.1) is 29.9 Å². The minimum Gasteiger partial charge on any atom is -0.493 e. The predicted molar refractivity (Wildman–Crippen MR) is 139 cm³/mol. The molecule has 1 atom stereocenters. The van der Waals surface area contributed by atoms with E-state index in [1.165, 1.54) is 7.11 Å². The first-order chi connectivity index (χ1) is 17.8. The molecule has 2 amide bonds. The molecule has 7 nitrogen and oxygen atoms in total. The van der Waals surface area contributed by atoms with Gasteiger partial charge in [-0.1, -0.05) is 62.4 Å². The van der Waals surface area contributed by atoms with Crippen molar-refractivity contribution < 1.29 is 23.9 Å². The van der Waals surface area contributed by atoms with Crippen molar-refractivity contribution in [1.82, 2.24) is 4.90 Å². The molecule has 37 heavy (non-hydrogen) atoms. The molecule has 1 aliphatic rings. The molecule has 3 aromatic carbocycles. The third-order valence-electron chi connectivity index (χ3n) is 6.02. The van der Waals surface area contributed by atoms with Crippen LogP contribution in [0, 0.1) is 17.2 Å². The van der Waals surface area contributed by atoms with Crippen molar-refractivity contribution in [3.05, 3.63) is 95.1 Å². The van der Waals surface area contributed by atoms with Gasteiger partial charge in [0.25, 0.3) is 11.8 Å². The number of fused-ring (bicyclic) bond motifs is 1. The largest absolute Gasteiger partial charge is 0.493 e. The van der Waals surface area contributed by atoms with Crippen LogP contribution >= 0.6 is 0 Å². The smallest absolute Gasteiger partial charge is 0.334 e. The lowest BCUT2D eigenvalue weighted by Gasteiger charge is -2.26. The van der Waals surface area contributed by atoms with Gasteiger partial charge in [-0.05, 0) is 53.8 Å². The maximum atomic E-state index is 13.4. The van der Waals surface area contributed by atoms with E-state index in [2.05, 4.69) is 6.07 Å². The van der Waals surface area contributed by atoms with E-state index in [0.29, 0.717) is 11.1 Å². The topological polar surface area (TPSA) is 96.7 Å². The minimum atomic E-state index is -1.10. The Morgan fingerprint density at radius 2 is 1.57 bits per heavy atom. The number of hydrogen-bond donors (Lipinski definition) is 0. The Kier molecular flexibility index (Phi) is 7.49. The molecule has 0 fully saturated rings. The van der Waals surface area contributed by atoms with Crippen molar-refractivity contribution in [2.45, 2.75) is 26.3 Å².